The number of hydrogen-bond acceptors (Lipinski definition) is 23. The van der Waals surface area contributed by atoms with Crippen molar-refractivity contribution in [2.45, 2.75) is 101 Å². The summed E-state index contributed by atoms with van der Waals surface area (Å²) >= 11 is 3.87. The minimum atomic E-state index is -2.00. The normalized spacial score (nSPS) is 13.0. The van der Waals surface area contributed by atoms with Crippen molar-refractivity contribution in [1.29, 1.82) is 0 Å². The molecule has 0 unspecified atom stereocenters. The molecule has 19 N–H and O–H groups in total. The molecule has 0 saturated heterocycles. The van der Waals surface area contributed by atoms with Gasteiger partial charge in [-0.25, -0.2) is 14.8 Å². The number of aliphatic carboxylic acids is 4. The third-order valence-electron chi connectivity index (χ3n) is 11.9. The number of fused-ring (bicyclic) bond motifs is 1. The maximum atomic E-state index is 13.8. The Morgan fingerprint density at radius 2 is 1.15 bits per heavy atom. The molecule has 484 valence electrons. The van der Waals surface area contributed by atoms with E-state index in [2.05, 4.69) is 80.1 Å². The summed E-state index contributed by atoms with van der Waals surface area (Å²) in [5.74, 6) is -13.0. The number of aromatic amines is 1. The Bertz CT molecular complexity index is 2950. The predicted molar refractivity (Wildman–Crippen MR) is 311 cm³/mol. The third kappa shape index (κ3) is 29.2. The summed E-state index contributed by atoms with van der Waals surface area (Å²) in [5.41, 5.74) is 17.2. The number of carbonyl (C=O) groups is 11. The molecule has 3 rings (SSSR count). The van der Waals surface area contributed by atoms with Crippen LogP contribution in [-0.4, -0.2) is 219 Å². The Morgan fingerprint density at radius 3 is 1.70 bits per heavy atom. The maximum Gasteiger partial charge on any atom is 0.327 e. The van der Waals surface area contributed by atoms with Crippen molar-refractivity contribution < 1.29 is 92.1 Å². The second-order valence-electron chi connectivity index (χ2n) is 19.0. The molecule has 0 fully saturated rings. The van der Waals surface area contributed by atoms with Gasteiger partial charge in [0.15, 0.2) is 17.1 Å². The fourth-order valence-electron chi connectivity index (χ4n) is 7.47. The molecule has 0 aliphatic carbocycles. The summed E-state index contributed by atoms with van der Waals surface area (Å²) in [5, 5.41) is 57.3. The van der Waals surface area contributed by atoms with Gasteiger partial charge in [0.25, 0.3) is 11.5 Å². The van der Waals surface area contributed by atoms with Gasteiger partial charge < -0.3 is 99.1 Å². The maximum absolute atomic E-state index is 13.8. The number of guanidine groups is 1. The fourth-order valence-corrected chi connectivity index (χ4v) is 7.72. The van der Waals surface area contributed by atoms with Crippen LogP contribution in [-0.2, 0) is 73.4 Å². The molecule has 36 nitrogen and oxygen atoms in total. The summed E-state index contributed by atoms with van der Waals surface area (Å²) in [6.07, 6.45) is -2.41. The van der Waals surface area contributed by atoms with E-state index in [0.717, 1.165) is 0 Å². The van der Waals surface area contributed by atoms with Gasteiger partial charge in [0.1, 0.15) is 30.2 Å². The molecule has 1 aromatic carbocycles. The first-order chi connectivity index (χ1) is 41.8. The van der Waals surface area contributed by atoms with Crippen molar-refractivity contribution in [2.24, 2.45) is 16.5 Å². The lowest BCUT2D eigenvalue weighted by Gasteiger charge is -2.25. The van der Waals surface area contributed by atoms with Gasteiger partial charge >= 0.3 is 23.9 Å². The van der Waals surface area contributed by atoms with Gasteiger partial charge in [-0.1, -0.05) is 0 Å². The van der Waals surface area contributed by atoms with Crippen LogP contribution < -0.4 is 65.3 Å². The molecule has 0 saturated carbocycles. The van der Waals surface area contributed by atoms with Gasteiger partial charge in [0.05, 0.1) is 90.6 Å². The number of carboxylic acids is 4. The Balaban J connectivity index is 1.51. The number of nitrogen functional groups attached to an aromatic ring is 1. The lowest BCUT2D eigenvalue weighted by Crippen LogP contribution is -2.59. The van der Waals surface area contributed by atoms with Crippen LogP contribution in [0.3, 0.4) is 0 Å². The summed E-state index contributed by atoms with van der Waals surface area (Å²) in [4.78, 5) is 169. The highest BCUT2D eigenvalue weighted by Crippen LogP contribution is 2.13. The minimum absolute atomic E-state index is 0.00370. The lowest BCUT2D eigenvalue weighted by atomic mass is 10.1. The second-order valence-corrected chi connectivity index (χ2v) is 19.4. The number of H-pyrrole nitrogens is 1. The largest absolute Gasteiger partial charge is 0.481 e. The van der Waals surface area contributed by atoms with Crippen LogP contribution in [0.1, 0.15) is 74.3 Å². The molecule has 2 heterocycles. The zero-order chi connectivity index (χ0) is 65.1. The van der Waals surface area contributed by atoms with Crippen molar-refractivity contribution >= 4 is 107 Å². The molecule has 7 amide bonds. The lowest BCUT2D eigenvalue weighted by molar-refractivity contribution is -0.143. The first kappa shape index (κ1) is 72.9. The monoisotopic (exact) mass is 1260 g/mol. The number of aromatic nitrogens is 4. The number of amides is 7. The highest BCUT2D eigenvalue weighted by atomic mass is 32.1. The van der Waals surface area contributed by atoms with E-state index >= 15 is 0 Å². The van der Waals surface area contributed by atoms with Crippen LogP contribution in [0.5, 0.6) is 0 Å². The molecule has 88 heavy (non-hydrogen) atoms. The van der Waals surface area contributed by atoms with Gasteiger partial charge in [-0.2, -0.15) is 17.6 Å². The van der Waals surface area contributed by atoms with E-state index in [1.165, 1.54) is 18.3 Å². The van der Waals surface area contributed by atoms with Crippen LogP contribution in [0, 0.1) is 0 Å². The first-order valence-electron chi connectivity index (χ1n) is 27.1. The Kier molecular flexibility index (Phi) is 32.6. The predicted octanol–water partition coefficient (Wildman–Crippen LogP) is -4.71. The van der Waals surface area contributed by atoms with E-state index in [-0.39, 0.29) is 139 Å². The minimum Gasteiger partial charge on any atom is -0.481 e. The van der Waals surface area contributed by atoms with Gasteiger partial charge in [-0.3, -0.25) is 62.7 Å². The molecule has 0 aliphatic rings. The molecule has 2 aromatic heterocycles. The summed E-state index contributed by atoms with van der Waals surface area (Å²) in [7, 11) is 0. The standard InChI is InChI=1S/C51H74N16O20S/c1-27(59-43(76)28-5-7-29(8-6-28)57-24-30-25-58-42-41(60-30)48(81)67-51(54)66-42)4-9-36(68)61-33(22-39(72)73)46(79)63-31(3-2-11-56-50(52)53)45(78)65-34(23-40(74)75)47(80)64-32(21-38(70)71)44(77)55-12-14-85-16-18-87-20-19-86-17-15-84-13-10-37(69)62-35(26-88)49(82)83/h5-8,25,27,31-35,57,88H,2-4,9-24,26H2,1H3,(H,55,77)(H,59,76)(H,61,68)(H,62,69)(H,63,79)(H,64,80)(H,65,78)(H,70,71)(H,72,73)(H,74,75)(H,82,83)(H4,52,53,56)(H3,54,58,66,67,81)/t27-,31+,32+,33+,34+,35+/m1/s1. The number of rotatable bonds is 44. The number of hydrogen-bond donors (Lipinski definition) is 17. The number of nitrogens with zero attached hydrogens (tertiary/aromatic N) is 4. The molecule has 6 atom stereocenters. The molecular formula is C51H74N16O20S. The second kappa shape index (κ2) is 39.4. The average Bonchev–Trinajstić information content (AvgIpc) is 2.67. The van der Waals surface area contributed by atoms with Crippen LogP contribution >= 0.6 is 12.6 Å². The van der Waals surface area contributed by atoms with E-state index in [0.29, 0.717) is 11.4 Å². The number of thiol groups is 1. The number of nitrogens with one attached hydrogen (secondary N) is 9. The summed E-state index contributed by atoms with van der Waals surface area (Å²) in [6.45, 7) is 2.29. The topological polar surface area (TPSA) is 564 Å². The number of carboxylic acid groups (broad SMARTS) is 4. The average molecular weight is 1260 g/mol. The fraction of sp³-hybridized carbons (Fsp3) is 0.529. The van der Waals surface area contributed by atoms with E-state index < -0.39 is 126 Å². The molecule has 3 aromatic rings. The van der Waals surface area contributed by atoms with Gasteiger partial charge in [0, 0.05) is 49.0 Å². The first-order valence-corrected chi connectivity index (χ1v) is 27.8. The van der Waals surface area contributed by atoms with Crippen molar-refractivity contribution in [3.8, 4) is 0 Å². The van der Waals surface area contributed by atoms with Crippen molar-refractivity contribution in [3.63, 3.8) is 0 Å². The SMILES string of the molecule is C[C@H](CCC(=O)N[C@@H](CC(=O)O)C(=O)N[C@@H](CCCN=C(N)N)C(=O)N[C@@H](CC(=O)O)C(=O)N[C@@H](CC(=O)O)C(=O)NCCOCCOCCOCCOCCC(=O)N[C@@H](CS)C(=O)O)NC(=O)c1ccc(NCc2cnc3nc(N)[nH]c(=O)c3n2)cc1. The Labute approximate surface area is 506 Å². The van der Waals surface area contributed by atoms with E-state index in [9.17, 15) is 72.9 Å². The smallest absolute Gasteiger partial charge is 0.327 e. The molecular weight excluding hydrogens is 1190 g/mol. The van der Waals surface area contributed by atoms with Gasteiger partial charge in [0.2, 0.25) is 41.4 Å². The van der Waals surface area contributed by atoms with Crippen LogP contribution in [0.2, 0.25) is 0 Å². The van der Waals surface area contributed by atoms with Gasteiger partial charge in [-0.05, 0) is 50.5 Å². The molecule has 0 spiro atoms. The van der Waals surface area contributed by atoms with Gasteiger partial charge in [-0.15, -0.1) is 0 Å². The Hall–Kier alpha value is -9.33. The Morgan fingerprint density at radius 1 is 0.636 bits per heavy atom. The highest BCUT2D eigenvalue weighted by molar-refractivity contribution is 7.80. The zero-order valence-corrected chi connectivity index (χ0v) is 48.7. The summed E-state index contributed by atoms with van der Waals surface area (Å²) in [6, 6.07) is -2.73. The molecule has 0 aliphatic heterocycles. The van der Waals surface area contributed by atoms with Crippen molar-refractivity contribution in [1.82, 2.24) is 57.2 Å². The molecule has 0 radical (unpaired) electrons. The molecule has 37 heteroatoms. The quantitative estimate of drug-likeness (QED) is 0.0109. The highest BCUT2D eigenvalue weighted by Gasteiger charge is 2.34. The van der Waals surface area contributed by atoms with Crippen LogP contribution in [0.15, 0.2) is 40.2 Å². The zero-order valence-electron chi connectivity index (χ0n) is 47.8. The molecule has 0 bridgehead atoms. The number of aliphatic imine (C=N–C) groups is 1. The van der Waals surface area contributed by atoms with Crippen molar-refractivity contribution in [2.75, 3.05) is 82.7 Å². The van der Waals surface area contributed by atoms with Crippen molar-refractivity contribution in [3.05, 3.63) is 52.1 Å². The van der Waals surface area contributed by atoms with Crippen LogP contribution in [0.25, 0.3) is 11.2 Å². The number of nitrogens with two attached hydrogens (primary N) is 3. The third-order valence-corrected chi connectivity index (χ3v) is 12.2. The number of anilines is 2. The van der Waals surface area contributed by atoms with E-state index in [4.69, 9.17) is 41.3 Å². The van der Waals surface area contributed by atoms with Crippen LogP contribution in [0.4, 0.5) is 11.6 Å². The summed E-state index contributed by atoms with van der Waals surface area (Å²) < 4.78 is 21.4. The number of carbonyl (C=O) groups excluding carboxylic acids is 7. The van der Waals surface area contributed by atoms with E-state index in [1.807, 2.05) is 0 Å². The van der Waals surface area contributed by atoms with E-state index in [1.54, 1.807) is 19.1 Å². The number of ether oxygens (including phenoxy) is 4. The number of benzene rings is 1.